The highest BCUT2D eigenvalue weighted by atomic mass is 16.5. The molecule has 0 radical (unpaired) electrons. The second kappa shape index (κ2) is 14.1. The fourth-order valence-corrected chi connectivity index (χ4v) is 4.68. The molecule has 0 aliphatic carbocycles. The van der Waals surface area contributed by atoms with Crippen molar-refractivity contribution in [2.75, 3.05) is 18.9 Å². The summed E-state index contributed by atoms with van der Waals surface area (Å²) in [5.41, 5.74) is 9.68. The van der Waals surface area contributed by atoms with E-state index in [9.17, 15) is 19.5 Å². The molecule has 4 rings (SSSR count). The van der Waals surface area contributed by atoms with Crippen LogP contribution in [0, 0.1) is 0 Å². The summed E-state index contributed by atoms with van der Waals surface area (Å²) in [6, 6.07) is 16.0. The minimum absolute atomic E-state index is 0.00100. The van der Waals surface area contributed by atoms with E-state index in [1.165, 1.54) is 0 Å². The van der Waals surface area contributed by atoms with E-state index in [1.54, 1.807) is 26.0 Å². The van der Waals surface area contributed by atoms with Crippen LogP contribution in [0.3, 0.4) is 0 Å². The number of hydrogen-bond acceptors (Lipinski definition) is 9. The summed E-state index contributed by atoms with van der Waals surface area (Å²) in [7, 11) is 0. The maximum atomic E-state index is 12.9. The van der Waals surface area contributed by atoms with Gasteiger partial charge in [0.05, 0.1) is 18.6 Å². The number of nitrogens with two attached hydrogens (primary N) is 1. The summed E-state index contributed by atoms with van der Waals surface area (Å²) in [5, 5.41) is 13.8. The van der Waals surface area contributed by atoms with Crippen LogP contribution in [0.4, 0.5) is 5.95 Å². The number of nitrogen functional groups attached to an aromatic ring is 1. The van der Waals surface area contributed by atoms with E-state index < -0.39 is 23.9 Å². The van der Waals surface area contributed by atoms with Gasteiger partial charge in [0.25, 0.3) is 5.91 Å². The molecule has 0 fully saturated rings. The Hall–Kier alpha value is -4.93. The van der Waals surface area contributed by atoms with Gasteiger partial charge in [-0.2, -0.15) is 9.97 Å². The zero-order valence-corrected chi connectivity index (χ0v) is 23.7. The van der Waals surface area contributed by atoms with E-state index >= 15 is 0 Å². The van der Waals surface area contributed by atoms with Gasteiger partial charge in [-0.1, -0.05) is 42.5 Å². The Labute approximate surface area is 243 Å². The van der Waals surface area contributed by atoms with E-state index in [4.69, 9.17) is 15.2 Å². The number of carbonyl (C=O) groups excluding carboxylic acids is 3. The van der Waals surface area contributed by atoms with E-state index in [1.807, 2.05) is 53.2 Å². The highest BCUT2D eigenvalue weighted by Crippen LogP contribution is 2.29. The number of amides is 1. The number of aromatic nitrogens is 3. The van der Waals surface area contributed by atoms with Gasteiger partial charge in [-0.05, 0) is 61.9 Å². The number of rotatable bonds is 13. The van der Waals surface area contributed by atoms with Gasteiger partial charge in [-0.25, -0.2) is 4.79 Å². The fraction of sp³-hybridized carbons (Fsp3) is 0.323. The minimum Gasteiger partial charge on any atom is -0.493 e. The van der Waals surface area contributed by atoms with Crippen molar-refractivity contribution >= 4 is 34.8 Å². The normalized spacial score (nSPS) is 11.7. The number of nitrogens with one attached hydrogen (secondary N) is 1. The highest BCUT2D eigenvalue weighted by Gasteiger charge is 2.24. The van der Waals surface area contributed by atoms with Gasteiger partial charge in [-0.3, -0.25) is 9.59 Å². The van der Waals surface area contributed by atoms with Gasteiger partial charge in [0, 0.05) is 24.7 Å². The third-order valence-electron chi connectivity index (χ3n) is 6.71. The van der Waals surface area contributed by atoms with Gasteiger partial charge in [0.1, 0.15) is 11.7 Å². The minimum atomic E-state index is -0.973. The Bertz CT molecular complexity index is 1540. The van der Waals surface area contributed by atoms with Crippen LogP contribution < -0.4 is 11.1 Å². The smallest absolute Gasteiger partial charge is 0.328 e. The van der Waals surface area contributed by atoms with Gasteiger partial charge in [0.15, 0.2) is 0 Å². The Morgan fingerprint density at radius 1 is 0.952 bits per heavy atom. The third-order valence-corrected chi connectivity index (χ3v) is 6.71. The van der Waals surface area contributed by atoms with Crippen LogP contribution in [0.5, 0.6) is 5.88 Å². The topological polar surface area (TPSA) is 159 Å². The van der Waals surface area contributed by atoms with E-state index in [0.717, 1.165) is 16.7 Å². The summed E-state index contributed by atoms with van der Waals surface area (Å²) < 4.78 is 11.9. The first-order chi connectivity index (χ1) is 20.3. The SMILES string of the molecule is CCOC(=O)CC[C@H](NC(=O)c1ccc(CCc2cn(Cc3ccccc3)c3nc(N)nc(O)c23)cc1)C(=O)OCC. The molecule has 11 heteroatoms. The molecule has 1 amide bonds. The van der Waals surface area contributed by atoms with Crippen molar-refractivity contribution < 1.29 is 29.0 Å². The molecule has 2 aromatic heterocycles. The number of aryl methyl sites for hydroxylation is 2. The van der Waals surface area contributed by atoms with Crippen molar-refractivity contribution in [2.24, 2.45) is 0 Å². The number of anilines is 1. The van der Waals surface area contributed by atoms with E-state index in [0.29, 0.717) is 36.0 Å². The molecule has 0 unspecified atom stereocenters. The molecule has 11 nitrogen and oxygen atoms in total. The standard InChI is InChI=1S/C31H35N5O6/c1-3-41-25(37)17-16-24(30(40)42-4-2)33-28(38)22-13-10-20(11-14-22)12-15-23-19-36(18-21-8-6-5-7-9-21)27-26(23)29(39)35-31(32)34-27/h5-11,13-14,19,24H,3-4,12,15-18H2,1-2H3,(H,33,38)(H3,32,34,35,39)/t24-/m0/s1. The highest BCUT2D eigenvalue weighted by molar-refractivity contribution is 5.97. The lowest BCUT2D eigenvalue weighted by Gasteiger charge is -2.17. The Morgan fingerprint density at radius 2 is 1.67 bits per heavy atom. The van der Waals surface area contributed by atoms with Crippen LogP contribution >= 0.6 is 0 Å². The summed E-state index contributed by atoms with van der Waals surface area (Å²) in [6.45, 7) is 4.32. The van der Waals surface area contributed by atoms with E-state index in [-0.39, 0.29) is 37.9 Å². The second-order valence-electron chi connectivity index (χ2n) is 9.69. The number of ether oxygens (including phenoxy) is 2. The molecule has 0 aliphatic rings. The second-order valence-corrected chi connectivity index (χ2v) is 9.69. The Kier molecular flexibility index (Phi) is 10.1. The van der Waals surface area contributed by atoms with E-state index in [2.05, 4.69) is 15.3 Å². The number of hydrogen-bond donors (Lipinski definition) is 3. The maximum absolute atomic E-state index is 12.9. The number of carbonyl (C=O) groups is 3. The first kappa shape index (κ1) is 30.0. The molecule has 1 atom stereocenters. The molecule has 2 heterocycles. The average molecular weight is 574 g/mol. The lowest BCUT2D eigenvalue weighted by molar-refractivity contribution is -0.146. The fourth-order valence-electron chi connectivity index (χ4n) is 4.68. The number of fused-ring (bicyclic) bond motifs is 1. The quantitative estimate of drug-likeness (QED) is 0.203. The largest absolute Gasteiger partial charge is 0.493 e. The molecule has 0 saturated carbocycles. The molecule has 4 aromatic rings. The summed E-state index contributed by atoms with van der Waals surface area (Å²) in [6.07, 6.45) is 3.22. The number of nitrogens with zero attached hydrogens (tertiary/aromatic N) is 3. The first-order valence-electron chi connectivity index (χ1n) is 13.9. The van der Waals surface area contributed by atoms with Crippen molar-refractivity contribution in [1.82, 2.24) is 19.9 Å². The van der Waals surface area contributed by atoms with Crippen molar-refractivity contribution in [3.63, 3.8) is 0 Å². The first-order valence-corrected chi connectivity index (χ1v) is 13.9. The number of benzene rings is 2. The van der Waals surface area contributed by atoms with Crippen LogP contribution in [0.25, 0.3) is 11.0 Å². The molecule has 0 saturated heterocycles. The number of esters is 2. The molecule has 42 heavy (non-hydrogen) atoms. The molecule has 0 bridgehead atoms. The molecular weight excluding hydrogens is 538 g/mol. The average Bonchev–Trinajstić information content (AvgIpc) is 3.32. The molecule has 220 valence electrons. The summed E-state index contributed by atoms with van der Waals surface area (Å²) in [4.78, 5) is 45.4. The predicted octanol–water partition coefficient (Wildman–Crippen LogP) is 3.56. The van der Waals surface area contributed by atoms with Crippen LogP contribution in [0.2, 0.25) is 0 Å². The Morgan fingerprint density at radius 3 is 2.36 bits per heavy atom. The van der Waals surface area contributed by atoms with Crippen molar-refractivity contribution in [3.8, 4) is 5.88 Å². The van der Waals surface area contributed by atoms with Crippen LogP contribution in [0.1, 0.15) is 53.7 Å². The third kappa shape index (κ3) is 7.62. The lowest BCUT2D eigenvalue weighted by Crippen LogP contribution is -2.42. The van der Waals surface area contributed by atoms with Gasteiger partial charge < -0.3 is 30.2 Å². The Balaban J connectivity index is 1.44. The summed E-state index contributed by atoms with van der Waals surface area (Å²) in [5.74, 6) is -1.67. The van der Waals surface area contributed by atoms with Crippen molar-refractivity contribution in [3.05, 3.63) is 83.0 Å². The van der Waals surface area contributed by atoms with Gasteiger partial charge in [-0.15, -0.1) is 0 Å². The van der Waals surface area contributed by atoms with Crippen LogP contribution in [0.15, 0.2) is 60.8 Å². The molecule has 0 spiro atoms. The van der Waals surface area contributed by atoms with Crippen molar-refractivity contribution in [2.45, 2.75) is 52.1 Å². The van der Waals surface area contributed by atoms with Crippen LogP contribution in [-0.4, -0.2) is 56.7 Å². The molecule has 0 aliphatic heterocycles. The zero-order chi connectivity index (χ0) is 30.1. The summed E-state index contributed by atoms with van der Waals surface area (Å²) >= 11 is 0. The molecular formula is C31H35N5O6. The van der Waals surface area contributed by atoms with Crippen molar-refractivity contribution in [1.29, 1.82) is 0 Å². The lowest BCUT2D eigenvalue weighted by atomic mass is 10.0. The van der Waals surface area contributed by atoms with Gasteiger partial charge >= 0.3 is 11.9 Å². The zero-order valence-electron chi connectivity index (χ0n) is 23.7. The molecule has 2 aromatic carbocycles. The monoisotopic (exact) mass is 573 g/mol. The van der Waals surface area contributed by atoms with Gasteiger partial charge in [0.2, 0.25) is 11.8 Å². The predicted molar refractivity (Wildman–Crippen MR) is 157 cm³/mol. The number of aromatic hydroxyl groups is 1. The molecule has 4 N–H and O–H groups in total. The maximum Gasteiger partial charge on any atom is 0.328 e. The van der Waals surface area contributed by atoms with Crippen LogP contribution in [-0.2, 0) is 38.4 Å².